The van der Waals surface area contributed by atoms with E-state index in [1.165, 1.54) is 19.2 Å². The molecule has 0 aliphatic heterocycles. The highest BCUT2D eigenvalue weighted by atomic mass is 16.5. The molecule has 2 atom stereocenters. The average molecular weight is 311 g/mol. The van der Waals surface area contributed by atoms with Crippen LogP contribution < -0.4 is 10.1 Å². The lowest BCUT2D eigenvalue weighted by Crippen LogP contribution is -2.45. The van der Waals surface area contributed by atoms with Gasteiger partial charge in [0.05, 0.1) is 13.7 Å². The van der Waals surface area contributed by atoms with Crippen molar-refractivity contribution in [2.75, 3.05) is 13.7 Å². The van der Waals surface area contributed by atoms with Crippen LogP contribution in [-0.2, 0) is 9.53 Å². The van der Waals surface area contributed by atoms with Gasteiger partial charge in [-0.05, 0) is 23.6 Å². The Balaban J connectivity index is 2.76. The van der Waals surface area contributed by atoms with Crippen LogP contribution in [0, 0.1) is 5.92 Å². The molecular weight excluding hydrogens is 290 g/mol. The Morgan fingerprint density at radius 3 is 2.27 bits per heavy atom. The van der Waals surface area contributed by atoms with Gasteiger partial charge in [0, 0.05) is 0 Å². The lowest BCUT2D eigenvalue weighted by atomic mass is 10.0. The third-order valence-corrected chi connectivity index (χ3v) is 2.86. The van der Waals surface area contributed by atoms with Gasteiger partial charge < -0.3 is 25.0 Å². The molecule has 7 heteroatoms. The van der Waals surface area contributed by atoms with Crippen molar-refractivity contribution in [2.24, 2.45) is 5.92 Å². The zero-order chi connectivity index (χ0) is 16.7. The summed E-state index contributed by atoms with van der Waals surface area (Å²) in [6.07, 6.45) is -2.29. The number of hydrogen-bond donors (Lipinski definition) is 3. The first-order chi connectivity index (χ1) is 10.3. The molecule has 7 nitrogen and oxygen atoms in total. The first-order valence-corrected chi connectivity index (χ1v) is 6.83. The van der Waals surface area contributed by atoms with Crippen LogP contribution in [0.2, 0.25) is 0 Å². The SMILES string of the molecule is COc1ccc(C(O)C(NC(=O)OCC(C)C)C(=O)O)cc1. The van der Waals surface area contributed by atoms with Gasteiger partial charge in [-0.25, -0.2) is 9.59 Å². The normalized spacial score (nSPS) is 13.3. The summed E-state index contributed by atoms with van der Waals surface area (Å²) in [5.74, 6) is -0.655. The Morgan fingerprint density at radius 1 is 1.23 bits per heavy atom. The molecule has 0 bridgehead atoms. The van der Waals surface area contributed by atoms with Crippen LogP contribution >= 0.6 is 0 Å². The number of benzene rings is 1. The summed E-state index contributed by atoms with van der Waals surface area (Å²) in [7, 11) is 1.50. The third kappa shape index (κ3) is 5.25. The number of amides is 1. The van der Waals surface area contributed by atoms with Gasteiger partial charge >= 0.3 is 12.1 Å². The number of carbonyl (C=O) groups is 2. The molecule has 22 heavy (non-hydrogen) atoms. The summed E-state index contributed by atoms with van der Waals surface area (Å²) in [5, 5.41) is 21.5. The summed E-state index contributed by atoms with van der Waals surface area (Å²) in [6.45, 7) is 3.87. The molecule has 0 aliphatic carbocycles. The summed E-state index contributed by atoms with van der Waals surface area (Å²) in [6, 6.07) is 4.73. The number of aliphatic hydroxyl groups is 1. The maximum absolute atomic E-state index is 11.6. The fraction of sp³-hybridized carbons (Fsp3) is 0.467. The van der Waals surface area contributed by atoms with E-state index in [0.717, 1.165) is 0 Å². The van der Waals surface area contributed by atoms with Gasteiger partial charge in [0.15, 0.2) is 6.04 Å². The third-order valence-electron chi connectivity index (χ3n) is 2.86. The fourth-order valence-corrected chi connectivity index (χ4v) is 1.68. The average Bonchev–Trinajstić information content (AvgIpc) is 2.49. The maximum atomic E-state index is 11.6. The number of alkyl carbamates (subject to hydrolysis) is 1. The molecule has 0 saturated carbocycles. The van der Waals surface area contributed by atoms with Crippen LogP contribution in [0.3, 0.4) is 0 Å². The van der Waals surface area contributed by atoms with Gasteiger partial charge in [-0.3, -0.25) is 0 Å². The predicted octanol–water partition coefficient (Wildman–Crippen LogP) is 1.56. The van der Waals surface area contributed by atoms with Crippen molar-refractivity contribution in [1.29, 1.82) is 0 Å². The van der Waals surface area contributed by atoms with Gasteiger partial charge in [-0.2, -0.15) is 0 Å². The molecule has 1 aromatic carbocycles. The van der Waals surface area contributed by atoms with Crippen LogP contribution in [0.5, 0.6) is 5.75 Å². The number of methoxy groups -OCH3 is 1. The molecule has 3 N–H and O–H groups in total. The minimum absolute atomic E-state index is 0.125. The molecule has 122 valence electrons. The van der Waals surface area contributed by atoms with Crippen LogP contribution in [0.15, 0.2) is 24.3 Å². The Bertz CT molecular complexity index is 499. The zero-order valence-electron chi connectivity index (χ0n) is 12.8. The van der Waals surface area contributed by atoms with Gasteiger partial charge in [-0.1, -0.05) is 26.0 Å². The Hall–Kier alpha value is -2.28. The van der Waals surface area contributed by atoms with E-state index in [-0.39, 0.29) is 12.5 Å². The monoisotopic (exact) mass is 311 g/mol. The molecule has 0 radical (unpaired) electrons. The van der Waals surface area contributed by atoms with Gasteiger partial charge in [0.1, 0.15) is 11.9 Å². The maximum Gasteiger partial charge on any atom is 0.407 e. The lowest BCUT2D eigenvalue weighted by Gasteiger charge is -2.21. The molecule has 0 aromatic heterocycles. The van der Waals surface area contributed by atoms with E-state index in [1.807, 2.05) is 13.8 Å². The number of carboxylic acid groups (broad SMARTS) is 1. The number of aliphatic hydroxyl groups excluding tert-OH is 1. The molecule has 0 heterocycles. The first-order valence-electron chi connectivity index (χ1n) is 6.83. The Morgan fingerprint density at radius 2 is 1.82 bits per heavy atom. The Kier molecular flexibility index (Phi) is 6.65. The second kappa shape index (κ2) is 8.23. The predicted molar refractivity (Wildman–Crippen MR) is 78.7 cm³/mol. The second-order valence-corrected chi connectivity index (χ2v) is 5.17. The second-order valence-electron chi connectivity index (χ2n) is 5.17. The highest BCUT2D eigenvalue weighted by molar-refractivity contribution is 5.80. The Labute approximate surface area is 128 Å². The van der Waals surface area contributed by atoms with E-state index in [4.69, 9.17) is 9.47 Å². The van der Waals surface area contributed by atoms with Crippen molar-refractivity contribution in [3.05, 3.63) is 29.8 Å². The van der Waals surface area contributed by atoms with Crippen LogP contribution in [0.25, 0.3) is 0 Å². The van der Waals surface area contributed by atoms with Crippen molar-refractivity contribution < 1.29 is 29.3 Å². The topological polar surface area (TPSA) is 105 Å². The molecule has 2 unspecified atom stereocenters. The number of rotatable bonds is 7. The molecule has 1 aromatic rings. The molecule has 0 spiro atoms. The fourth-order valence-electron chi connectivity index (χ4n) is 1.68. The quantitative estimate of drug-likeness (QED) is 0.706. The van der Waals surface area contributed by atoms with Crippen molar-refractivity contribution in [2.45, 2.75) is 26.0 Å². The summed E-state index contributed by atoms with van der Waals surface area (Å²) in [4.78, 5) is 22.8. The standard InChI is InChI=1S/C15H21NO6/c1-9(2)8-22-15(20)16-12(14(18)19)13(17)10-4-6-11(21-3)7-5-10/h4-7,9,12-13,17H,8H2,1-3H3,(H,16,20)(H,18,19). The first kappa shape index (κ1) is 17.8. The molecule has 0 aliphatic rings. The van der Waals surface area contributed by atoms with Gasteiger partial charge in [-0.15, -0.1) is 0 Å². The number of aliphatic carboxylic acids is 1. The minimum Gasteiger partial charge on any atom is -0.497 e. The molecular formula is C15H21NO6. The number of carbonyl (C=O) groups excluding carboxylic acids is 1. The lowest BCUT2D eigenvalue weighted by molar-refractivity contribution is -0.142. The van der Waals surface area contributed by atoms with Crippen molar-refractivity contribution in [3.63, 3.8) is 0 Å². The molecule has 1 rings (SSSR count). The highest BCUT2D eigenvalue weighted by Gasteiger charge is 2.30. The number of nitrogens with one attached hydrogen (secondary N) is 1. The van der Waals surface area contributed by atoms with Crippen LogP contribution in [0.4, 0.5) is 4.79 Å². The molecule has 1 amide bonds. The highest BCUT2D eigenvalue weighted by Crippen LogP contribution is 2.20. The van der Waals surface area contributed by atoms with Gasteiger partial charge in [0.25, 0.3) is 0 Å². The van der Waals surface area contributed by atoms with E-state index in [0.29, 0.717) is 11.3 Å². The molecule has 0 saturated heterocycles. The smallest absolute Gasteiger partial charge is 0.407 e. The van der Waals surface area contributed by atoms with E-state index in [1.54, 1.807) is 12.1 Å². The van der Waals surface area contributed by atoms with Gasteiger partial charge in [0.2, 0.25) is 0 Å². The van der Waals surface area contributed by atoms with E-state index in [2.05, 4.69) is 5.32 Å². The number of hydrogen-bond acceptors (Lipinski definition) is 5. The summed E-state index contributed by atoms with van der Waals surface area (Å²) >= 11 is 0. The van der Waals surface area contributed by atoms with E-state index >= 15 is 0 Å². The molecule has 0 fully saturated rings. The van der Waals surface area contributed by atoms with Crippen molar-refractivity contribution in [3.8, 4) is 5.75 Å². The minimum atomic E-state index is -1.51. The summed E-state index contributed by atoms with van der Waals surface area (Å²) < 4.78 is 9.85. The summed E-state index contributed by atoms with van der Waals surface area (Å²) in [5.41, 5.74) is 0.345. The number of carboxylic acids is 1. The van der Waals surface area contributed by atoms with E-state index in [9.17, 15) is 19.8 Å². The van der Waals surface area contributed by atoms with Crippen molar-refractivity contribution >= 4 is 12.1 Å². The van der Waals surface area contributed by atoms with Crippen LogP contribution in [0.1, 0.15) is 25.5 Å². The van der Waals surface area contributed by atoms with E-state index < -0.39 is 24.2 Å². The number of ether oxygens (including phenoxy) is 2. The van der Waals surface area contributed by atoms with Crippen molar-refractivity contribution in [1.82, 2.24) is 5.32 Å². The largest absolute Gasteiger partial charge is 0.497 e. The van der Waals surface area contributed by atoms with Crippen LogP contribution in [-0.4, -0.2) is 42.0 Å². The zero-order valence-corrected chi connectivity index (χ0v) is 12.8.